The van der Waals surface area contributed by atoms with Crippen LogP contribution in [0.1, 0.15) is 20.8 Å². The van der Waals surface area contributed by atoms with E-state index in [9.17, 15) is 0 Å². The van der Waals surface area contributed by atoms with Gasteiger partial charge in [0.1, 0.15) is 0 Å². The van der Waals surface area contributed by atoms with Gasteiger partial charge in [0.15, 0.2) is 0 Å². The Hall–Kier alpha value is -0.0600. The maximum absolute atomic E-state index is 5.24. The Morgan fingerprint density at radius 2 is 2.00 bits per heavy atom. The third-order valence-corrected chi connectivity index (χ3v) is 1.37. The minimum atomic E-state index is -0.000564. The summed E-state index contributed by atoms with van der Waals surface area (Å²) in [6.45, 7) is 6.14. The largest absolute Gasteiger partial charge is 0.404 e. The molecule has 0 bridgehead atoms. The first kappa shape index (κ1) is 9.94. The molecule has 10 heavy (non-hydrogen) atoms. The summed E-state index contributed by atoms with van der Waals surface area (Å²) in [5, 5.41) is 0. The quantitative estimate of drug-likeness (QED) is 0.563. The van der Waals surface area contributed by atoms with Crippen LogP contribution in [-0.4, -0.2) is 11.8 Å². The molecule has 0 heterocycles. The van der Waals surface area contributed by atoms with Crippen LogP contribution in [0, 0.1) is 0 Å². The van der Waals surface area contributed by atoms with E-state index in [0.29, 0.717) is 0 Å². The van der Waals surface area contributed by atoms with Crippen LogP contribution in [-0.2, 0) is 0 Å². The molecule has 0 rings (SSSR count). The molecule has 0 aromatic rings. The Kier molecular flexibility index (Phi) is 3.93. The zero-order chi connectivity index (χ0) is 8.20. The number of hydrogen-bond acceptors (Lipinski definition) is 2. The van der Waals surface area contributed by atoms with Crippen molar-refractivity contribution < 1.29 is 0 Å². The van der Waals surface area contributed by atoms with Crippen molar-refractivity contribution >= 4 is 28.8 Å². The molecule has 2 nitrogen and oxygen atoms in total. The fourth-order valence-corrected chi connectivity index (χ4v) is 0.438. The number of hydrogen-bond donors (Lipinski definition) is 1. The van der Waals surface area contributed by atoms with Gasteiger partial charge < -0.3 is 5.73 Å². The first-order chi connectivity index (χ1) is 4.45. The highest BCUT2D eigenvalue weighted by molar-refractivity contribution is 14.1. The summed E-state index contributed by atoms with van der Waals surface area (Å²) in [5.74, 6) is 0. The minimum absolute atomic E-state index is 0.000564. The normalized spacial score (nSPS) is 14.6. The highest BCUT2D eigenvalue weighted by Crippen LogP contribution is 2.07. The number of nitrogens with two attached hydrogens (primary N) is 1. The molecule has 0 atom stereocenters. The van der Waals surface area contributed by atoms with Gasteiger partial charge >= 0.3 is 0 Å². The van der Waals surface area contributed by atoms with Crippen molar-refractivity contribution in [3.05, 3.63) is 9.78 Å². The molecular weight excluding hydrogens is 239 g/mol. The van der Waals surface area contributed by atoms with Crippen LogP contribution in [0.2, 0.25) is 0 Å². The fourth-order valence-electron chi connectivity index (χ4n) is 0.298. The first-order valence-corrected chi connectivity index (χ1v) is 4.16. The predicted molar refractivity (Wildman–Crippen MR) is 54.5 cm³/mol. The maximum atomic E-state index is 5.24. The van der Waals surface area contributed by atoms with Crippen molar-refractivity contribution in [2.24, 2.45) is 10.7 Å². The molecule has 0 aliphatic carbocycles. The molecule has 2 N–H and O–H groups in total. The van der Waals surface area contributed by atoms with Crippen LogP contribution in [0.5, 0.6) is 0 Å². The Morgan fingerprint density at radius 3 is 2.30 bits per heavy atom. The molecule has 0 aliphatic heterocycles. The van der Waals surface area contributed by atoms with Crippen molar-refractivity contribution in [3.8, 4) is 0 Å². The van der Waals surface area contributed by atoms with E-state index in [1.807, 2.05) is 20.8 Å². The third kappa shape index (κ3) is 6.07. The van der Waals surface area contributed by atoms with Crippen LogP contribution >= 0.6 is 22.6 Å². The SMILES string of the molecule is CC(C)(C)N=CC(I)=CN. The molecule has 0 saturated heterocycles. The summed E-state index contributed by atoms with van der Waals surface area (Å²) in [7, 11) is 0. The van der Waals surface area contributed by atoms with Crippen LogP contribution in [0.15, 0.2) is 14.8 Å². The van der Waals surface area contributed by atoms with E-state index in [1.165, 1.54) is 6.20 Å². The molecule has 0 fully saturated rings. The number of aliphatic imine (C=N–C) groups is 1. The molecule has 0 unspecified atom stereocenters. The predicted octanol–water partition coefficient (Wildman–Crippen LogP) is 2.09. The lowest BCUT2D eigenvalue weighted by Crippen LogP contribution is -2.09. The summed E-state index contributed by atoms with van der Waals surface area (Å²) in [6.07, 6.45) is 3.32. The summed E-state index contributed by atoms with van der Waals surface area (Å²) in [4.78, 5) is 4.25. The van der Waals surface area contributed by atoms with E-state index >= 15 is 0 Å². The summed E-state index contributed by atoms with van der Waals surface area (Å²) in [6, 6.07) is 0. The second kappa shape index (κ2) is 3.95. The van der Waals surface area contributed by atoms with Gasteiger partial charge in [-0.1, -0.05) is 0 Å². The van der Waals surface area contributed by atoms with Crippen molar-refractivity contribution in [2.45, 2.75) is 26.3 Å². The first-order valence-electron chi connectivity index (χ1n) is 3.08. The molecule has 0 amide bonds. The summed E-state index contributed by atoms with van der Waals surface area (Å²) in [5.41, 5.74) is 5.24. The zero-order valence-corrected chi connectivity index (χ0v) is 8.71. The Labute approximate surface area is 75.7 Å². The van der Waals surface area contributed by atoms with E-state index in [0.717, 1.165) is 3.58 Å². The average molecular weight is 252 g/mol. The van der Waals surface area contributed by atoms with Crippen molar-refractivity contribution in [1.82, 2.24) is 0 Å². The van der Waals surface area contributed by atoms with E-state index in [4.69, 9.17) is 5.73 Å². The number of rotatable bonds is 1. The summed E-state index contributed by atoms with van der Waals surface area (Å²) < 4.78 is 0.965. The van der Waals surface area contributed by atoms with Gasteiger partial charge in [-0.2, -0.15) is 0 Å². The van der Waals surface area contributed by atoms with Crippen molar-refractivity contribution in [3.63, 3.8) is 0 Å². The standard InChI is InChI=1S/C7H13IN2/c1-7(2,3)10-5-6(8)4-9/h4-5H,9H2,1-3H3. The van der Waals surface area contributed by atoms with Crippen LogP contribution in [0.3, 0.4) is 0 Å². The molecule has 0 aliphatic rings. The van der Waals surface area contributed by atoms with Crippen LogP contribution < -0.4 is 5.73 Å². The molecule has 0 radical (unpaired) electrons. The van der Waals surface area contributed by atoms with E-state index in [-0.39, 0.29) is 5.54 Å². The van der Waals surface area contributed by atoms with Gasteiger partial charge in [0.2, 0.25) is 0 Å². The van der Waals surface area contributed by atoms with Gasteiger partial charge in [-0.25, -0.2) is 0 Å². The molecule has 58 valence electrons. The van der Waals surface area contributed by atoms with Gasteiger partial charge in [0.25, 0.3) is 0 Å². The van der Waals surface area contributed by atoms with E-state index in [1.54, 1.807) is 6.21 Å². The molecule has 3 heteroatoms. The molecule has 0 spiro atoms. The lowest BCUT2D eigenvalue weighted by molar-refractivity contribution is 0.587. The summed E-state index contributed by atoms with van der Waals surface area (Å²) >= 11 is 2.13. The smallest absolute Gasteiger partial charge is 0.0524 e. The third-order valence-electron chi connectivity index (χ3n) is 0.734. The molecular formula is C7H13IN2. The second-order valence-corrected chi connectivity index (χ2v) is 4.23. The fraction of sp³-hybridized carbons (Fsp3) is 0.571. The van der Waals surface area contributed by atoms with E-state index in [2.05, 4.69) is 27.6 Å². The Balaban J connectivity index is 4.01. The molecule has 0 aromatic carbocycles. The maximum Gasteiger partial charge on any atom is 0.0524 e. The number of nitrogens with zero attached hydrogens (tertiary/aromatic N) is 1. The highest BCUT2D eigenvalue weighted by atomic mass is 127. The van der Waals surface area contributed by atoms with Gasteiger partial charge in [-0.05, 0) is 43.4 Å². The van der Waals surface area contributed by atoms with Crippen LogP contribution in [0.25, 0.3) is 0 Å². The Bertz CT molecular complexity index is 153. The highest BCUT2D eigenvalue weighted by Gasteiger charge is 2.03. The van der Waals surface area contributed by atoms with Crippen molar-refractivity contribution in [2.75, 3.05) is 0 Å². The molecule has 0 aromatic heterocycles. The lowest BCUT2D eigenvalue weighted by atomic mass is 10.1. The zero-order valence-electron chi connectivity index (χ0n) is 6.56. The topological polar surface area (TPSA) is 38.4 Å². The van der Waals surface area contributed by atoms with Gasteiger partial charge in [0, 0.05) is 16.0 Å². The number of halogens is 1. The van der Waals surface area contributed by atoms with Gasteiger partial charge in [-0.3, -0.25) is 4.99 Å². The second-order valence-electron chi connectivity index (χ2n) is 2.98. The van der Waals surface area contributed by atoms with Gasteiger partial charge in [0.05, 0.1) is 5.54 Å². The number of allylic oxidation sites excluding steroid dienone is 1. The van der Waals surface area contributed by atoms with E-state index < -0.39 is 0 Å². The van der Waals surface area contributed by atoms with Crippen LogP contribution in [0.4, 0.5) is 0 Å². The van der Waals surface area contributed by atoms with Crippen molar-refractivity contribution in [1.29, 1.82) is 0 Å². The Morgan fingerprint density at radius 1 is 1.50 bits per heavy atom. The monoisotopic (exact) mass is 252 g/mol. The lowest BCUT2D eigenvalue weighted by Gasteiger charge is -2.10. The minimum Gasteiger partial charge on any atom is -0.404 e. The van der Waals surface area contributed by atoms with Gasteiger partial charge in [-0.15, -0.1) is 0 Å². The molecule has 0 saturated carbocycles. The average Bonchev–Trinajstić information content (AvgIpc) is 1.81.